The van der Waals surface area contributed by atoms with Crippen molar-refractivity contribution < 1.29 is 24.0 Å². The van der Waals surface area contributed by atoms with Gasteiger partial charge < -0.3 is 15.2 Å². The Labute approximate surface area is 114 Å². The van der Waals surface area contributed by atoms with Gasteiger partial charge in [0.05, 0.1) is 18.1 Å². The van der Waals surface area contributed by atoms with Crippen molar-refractivity contribution in [2.45, 2.75) is 19.9 Å². The lowest BCUT2D eigenvalue weighted by molar-refractivity contribution is -0.384. The van der Waals surface area contributed by atoms with Crippen LogP contribution in [0.25, 0.3) is 0 Å². The first-order valence-corrected chi connectivity index (χ1v) is 5.79. The average Bonchev–Trinajstić information content (AvgIpc) is 2.35. The Morgan fingerprint density at radius 3 is 2.50 bits per heavy atom. The molecular weight excluding hydrogens is 271 g/mol. The van der Waals surface area contributed by atoms with E-state index in [0.29, 0.717) is 6.07 Å². The van der Waals surface area contributed by atoms with Crippen LogP contribution in [0.1, 0.15) is 13.8 Å². The zero-order chi connectivity index (χ0) is 15.4. The molecule has 0 aliphatic heterocycles. The Hall–Kier alpha value is -2.38. The summed E-state index contributed by atoms with van der Waals surface area (Å²) in [6, 6.07) is 0.732. The fourth-order valence-corrected chi connectivity index (χ4v) is 1.65. The van der Waals surface area contributed by atoms with Crippen LogP contribution in [0.3, 0.4) is 0 Å². The molecule has 0 bridgehead atoms. The van der Waals surface area contributed by atoms with E-state index in [0.717, 1.165) is 6.07 Å². The van der Waals surface area contributed by atoms with Crippen molar-refractivity contribution in [3.8, 4) is 5.75 Å². The van der Waals surface area contributed by atoms with Gasteiger partial charge in [0, 0.05) is 6.07 Å². The van der Waals surface area contributed by atoms with Crippen molar-refractivity contribution in [1.29, 1.82) is 0 Å². The third-order valence-corrected chi connectivity index (χ3v) is 2.71. The summed E-state index contributed by atoms with van der Waals surface area (Å²) in [4.78, 5) is 21.2. The van der Waals surface area contributed by atoms with Gasteiger partial charge in [0.25, 0.3) is 5.69 Å². The fourth-order valence-electron chi connectivity index (χ4n) is 1.65. The molecule has 0 aliphatic rings. The van der Waals surface area contributed by atoms with Gasteiger partial charge in [-0.2, -0.15) is 0 Å². The zero-order valence-electron chi connectivity index (χ0n) is 11.2. The second kappa shape index (κ2) is 6.18. The van der Waals surface area contributed by atoms with Gasteiger partial charge in [0.1, 0.15) is 11.7 Å². The highest BCUT2D eigenvalue weighted by Crippen LogP contribution is 2.32. The zero-order valence-corrected chi connectivity index (χ0v) is 11.2. The van der Waals surface area contributed by atoms with E-state index in [1.165, 1.54) is 7.11 Å². The molecule has 20 heavy (non-hydrogen) atoms. The van der Waals surface area contributed by atoms with Crippen LogP contribution in [0, 0.1) is 21.8 Å². The molecule has 0 amide bonds. The molecule has 0 spiro atoms. The number of rotatable bonds is 6. The lowest BCUT2D eigenvalue weighted by atomic mass is 10.0. The number of aliphatic carboxylic acids is 1. The van der Waals surface area contributed by atoms with Gasteiger partial charge >= 0.3 is 5.97 Å². The van der Waals surface area contributed by atoms with Crippen LogP contribution < -0.4 is 10.1 Å². The summed E-state index contributed by atoms with van der Waals surface area (Å²) in [5, 5.41) is 22.5. The quantitative estimate of drug-likeness (QED) is 0.614. The van der Waals surface area contributed by atoms with Gasteiger partial charge in [-0.05, 0) is 5.92 Å². The van der Waals surface area contributed by atoms with E-state index in [-0.39, 0.29) is 17.4 Å². The van der Waals surface area contributed by atoms with E-state index in [9.17, 15) is 19.3 Å². The van der Waals surface area contributed by atoms with Crippen molar-refractivity contribution in [2.75, 3.05) is 12.4 Å². The lowest BCUT2D eigenvalue weighted by Gasteiger charge is -2.19. The number of nitro benzene ring substituents is 1. The number of hydrogen-bond acceptors (Lipinski definition) is 5. The molecule has 1 aromatic rings. The number of carboxylic acid groups (broad SMARTS) is 1. The van der Waals surface area contributed by atoms with Gasteiger partial charge in [-0.15, -0.1) is 0 Å². The van der Waals surface area contributed by atoms with Crippen molar-refractivity contribution in [1.82, 2.24) is 0 Å². The van der Waals surface area contributed by atoms with Crippen LogP contribution in [0.4, 0.5) is 15.8 Å². The molecule has 0 heterocycles. The molecule has 1 unspecified atom stereocenters. The van der Waals surface area contributed by atoms with Crippen LogP contribution in [0.15, 0.2) is 12.1 Å². The first-order chi connectivity index (χ1) is 9.27. The number of halogens is 1. The predicted molar refractivity (Wildman–Crippen MR) is 69.5 cm³/mol. The molecule has 0 fully saturated rings. The number of ether oxygens (including phenoxy) is 1. The summed E-state index contributed by atoms with van der Waals surface area (Å²) < 4.78 is 18.2. The summed E-state index contributed by atoms with van der Waals surface area (Å²) in [7, 11) is 1.21. The van der Waals surface area contributed by atoms with E-state index >= 15 is 0 Å². The average molecular weight is 286 g/mol. The Balaban J connectivity index is 3.27. The molecule has 0 radical (unpaired) electrons. The second-order valence-electron chi connectivity index (χ2n) is 4.47. The number of carbonyl (C=O) groups is 1. The number of nitrogens with zero attached hydrogens (tertiary/aromatic N) is 1. The number of carboxylic acids is 1. The molecule has 8 heteroatoms. The van der Waals surface area contributed by atoms with Gasteiger partial charge in [0.2, 0.25) is 0 Å². The molecule has 2 N–H and O–H groups in total. The maximum absolute atomic E-state index is 13.5. The maximum atomic E-state index is 13.5. The summed E-state index contributed by atoms with van der Waals surface area (Å²) in [5.41, 5.74) is -0.649. The summed E-state index contributed by atoms with van der Waals surface area (Å²) >= 11 is 0. The van der Waals surface area contributed by atoms with E-state index < -0.39 is 28.4 Å². The molecule has 0 saturated carbocycles. The van der Waals surface area contributed by atoms with Crippen LogP contribution in [-0.2, 0) is 4.79 Å². The Morgan fingerprint density at radius 2 is 2.10 bits per heavy atom. The van der Waals surface area contributed by atoms with Crippen molar-refractivity contribution in [3.63, 3.8) is 0 Å². The molecular formula is C12H15FN2O5. The highest BCUT2D eigenvalue weighted by Gasteiger charge is 2.26. The standard InChI is InChI=1S/C12H15FN2O5/c1-6(2)11(12(16)17)14-8-5-10(20-3)7(13)4-9(8)15(18)19/h4-6,11,14H,1-3H3,(H,16,17). The van der Waals surface area contributed by atoms with E-state index in [1.807, 2.05) is 0 Å². The summed E-state index contributed by atoms with van der Waals surface area (Å²) in [6.07, 6.45) is 0. The first kappa shape index (κ1) is 15.7. The third kappa shape index (κ3) is 3.34. The Bertz CT molecular complexity index is 533. The van der Waals surface area contributed by atoms with Gasteiger partial charge in [-0.3, -0.25) is 10.1 Å². The monoisotopic (exact) mass is 286 g/mol. The Morgan fingerprint density at radius 1 is 1.50 bits per heavy atom. The minimum Gasteiger partial charge on any atom is -0.494 e. The molecule has 1 rings (SSSR count). The summed E-state index contributed by atoms with van der Waals surface area (Å²) in [6.45, 7) is 3.30. The number of methoxy groups -OCH3 is 1. The molecule has 110 valence electrons. The second-order valence-corrected chi connectivity index (χ2v) is 4.47. The molecule has 0 aromatic heterocycles. The van der Waals surface area contributed by atoms with Gasteiger partial charge in [-0.1, -0.05) is 13.8 Å². The lowest BCUT2D eigenvalue weighted by Crippen LogP contribution is -2.34. The van der Waals surface area contributed by atoms with Crippen LogP contribution >= 0.6 is 0 Å². The van der Waals surface area contributed by atoms with Crippen molar-refractivity contribution in [3.05, 3.63) is 28.1 Å². The topological polar surface area (TPSA) is 102 Å². The van der Waals surface area contributed by atoms with Crippen LogP contribution in [0.5, 0.6) is 5.75 Å². The van der Waals surface area contributed by atoms with Crippen LogP contribution in [-0.4, -0.2) is 29.2 Å². The smallest absolute Gasteiger partial charge is 0.326 e. The molecule has 0 saturated heterocycles. The number of benzene rings is 1. The Kier molecular flexibility index (Phi) is 4.84. The highest BCUT2D eigenvalue weighted by molar-refractivity contribution is 5.79. The summed E-state index contributed by atoms with van der Waals surface area (Å²) in [5.74, 6) is -2.56. The van der Waals surface area contributed by atoms with E-state index in [1.54, 1.807) is 13.8 Å². The number of nitrogens with one attached hydrogen (secondary N) is 1. The minimum atomic E-state index is -1.16. The molecule has 1 atom stereocenters. The number of nitro groups is 1. The molecule has 7 nitrogen and oxygen atoms in total. The number of anilines is 1. The van der Waals surface area contributed by atoms with E-state index in [2.05, 4.69) is 5.32 Å². The molecule has 1 aromatic carbocycles. The minimum absolute atomic E-state index is 0.102. The third-order valence-electron chi connectivity index (χ3n) is 2.71. The SMILES string of the molecule is COc1cc(NC(C(=O)O)C(C)C)c([N+](=O)[O-])cc1F. The van der Waals surface area contributed by atoms with Crippen molar-refractivity contribution in [2.24, 2.45) is 5.92 Å². The van der Waals surface area contributed by atoms with Crippen molar-refractivity contribution >= 4 is 17.3 Å². The molecule has 0 aliphatic carbocycles. The van der Waals surface area contributed by atoms with Gasteiger partial charge in [-0.25, -0.2) is 9.18 Å². The number of hydrogen-bond donors (Lipinski definition) is 2. The maximum Gasteiger partial charge on any atom is 0.326 e. The largest absolute Gasteiger partial charge is 0.494 e. The van der Waals surface area contributed by atoms with E-state index in [4.69, 9.17) is 9.84 Å². The van der Waals surface area contributed by atoms with Crippen LogP contribution in [0.2, 0.25) is 0 Å². The normalized spacial score (nSPS) is 12.1. The van der Waals surface area contributed by atoms with Gasteiger partial charge in [0.15, 0.2) is 11.6 Å². The first-order valence-electron chi connectivity index (χ1n) is 5.79. The fraction of sp³-hybridized carbons (Fsp3) is 0.417. The highest BCUT2D eigenvalue weighted by atomic mass is 19.1. The predicted octanol–water partition coefficient (Wildman–Crippen LogP) is 2.26.